The smallest absolute Gasteiger partial charge is 0.254 e. The first kappa shape index (κ1) is 19.0. The van der Waals surface area contributed by atoms with E-state index >= 15 is 0 Å². The lowest BCUT2D eigenvalue weighted by Gasteiger charge is -2.32. The lowest BCUT2D eigenvalue weighted by Crippen LogP contribution is -2.46. The molecule has 1 heterocycles. The molecule has 2 fully saturated rings. The van der Waals surface area contributed by atoms with Gasteiger partial charge in [0.05, 0.1) is 18.2 Å². The first-order chi connectivity index (χ1) is 12.5. The van der Waals surface area contributed by atoms with Crippen molar-refractivity contribution in [3.8, 4) is 11.5 Å². The zero-order chi connectivity index (χ0) is 18.7. The van der Waals surface area contributed by atoms with Crippen LogP contribution in [0.4, 0.5) is 0 Å². The molecule has 1 saturated heterocycles. The quantitative estimate of drug-likeness (QED) is 0.761. The molecule has 1 N–H and O–H groups in total. The molecule has 0 atom stereocenters. The highest BCUT2D eigenvalue weighted by Gasteiger charge is 2.32. The number of carbonyl (C=O) groups excluding carboxylic acids is 2. The Labute approximate surface area is 162 Å². The van der Waals surface area contributed by atoms with Crippen molar-refractivity contribution in [3.05, 3.63) is 22.2 Å². The Bertz CT molecular complexity index is 682. The molecule has 26 heavy (non-hydrogen) atoms. The number of piperidine rings is 1. The van der Waals surface area contributed by atoms with Gasteiger partial charge in [0, 0.05) is 30.6 Å². The van der Waals surface area contributed by atoms with Crippen LogP contribution in [0.5, 0.6) is 11.5 Å². The third kappa shape index (κ3) is 4.31. The molecule has 1 aliphatic carbocycles. The third-order valence-corrected chi connectivity index (χ3v) is 5.43. The molecule has 1 aromatic carbocycles. The van der Waals surface area contributed by atoms with Crippen LogP contribution in [-0.2, 0) is 4.79 Å². The number of nitrogens with one attached hydrogen (secondary N) is 1. The molecule has 2 aliphatic rings. The number of ether oxygens (including phenoxy) is 2. The molecule has 1 saturated carbocycles. The number of halogens is 1. The molecule has 142 valence electrons. The predicted molar refractivity (Wildman–Crippen MR) is 102 cm³/mol. The van der Waals surface area contributed by atoms with Crippen LogP contribution in [0.25, 0.3) is 0 Å². The molecule has 0 bridgehead atoms. The fourth-order valence-electron chi connectivity index (χ4n) is 3.20. The maximum Gasteiger partial charge on any atom is 0.254 e. The minimum atomic E-state index is -0.0287. The molecular formula is C19H25BrN2O4. The number of amides is 2. The van der Waals surface area contributed by atoms with Gasteiger partial charge >= 0.3 is 0 Å². The van der Waals surface area contributed by atoms with Gasteiger partial charge in [-0.2, -0.15) is 0 Å². The highest BCUT2D eigenvalue weighted by molar-refractivity contribution is 9.10. The molecule has 1 aliphatic heterocycles. The molecule has 1 aromatic rings. The Balaban J connectivity index is 1.62. The Morgan fingerprint density at radius 3 is 2.50 bits per heavy atom. The van der Waals surface area contributed by atoms with E-state index in [1.165, 1.54) is 0 Å². The average molecular weight is 425 g/mol. The van der Waals surface area contributed by atoms with E-state index in [2.05, 4.69) is 21.2 Å². The summed E-state index contributed by atoms with van der Waals surface area (Å²) in [6.07, 6.45) is 3.61. The highest BCUT2D eigenvalue weighted by Crippen LogP contribution is 2.37. The number of rotatable bonds is 6. The monoisotopic (exact) mass is 424 g/mol. The van der Waals surface area contributed by atoms with E-state index in [9.17, 15) is 9.59 Å². The van der Waals surface area contributed by atoms with Crippen molar-refractivity contribution in [2.24, 2.45) is 5.92 Å². The summed E-state index contributed by atoms with van der Waals surface area (Å²) in [6.45, 7) is 3.70. The van der Waals surface area contributed by atoms with Gasteiger partial charge < -0.3 is 19.7 Å². The van der Waals surface area contributed by atoms with E-state index in [1.807, 2.05) is 11.8 Å². The summed E-state index contributed by atoms with van der Waals surface area (Å²) in [7, 11) is 1.56. The number of benzene rings is 1. The van der Waals surface area contributed by atoms with E-state index in [4.69, 9.17) is 9.47 Å². The SMILES string of the molecule is CCOc1c(Br)cc(C(=O)N2CCC(NC(=O)C3CC3)CC2)cc1OC. The van der Waals surface area contributed by atoms with Gasteiger partial charge in [0.25, 0.3) is 5.91 Å². The highest BCUT2D eigenvalue weighted by atomic mass is 79.9. The Morgan fingerprint density at radius 2 is 1.92 bits per heavy atom. The van der Waals surface area contributed by atoms with E-state index in [0.717, 1.165) is 25.7 Å². The second kappa shape index (κ2) is 8.29. The van der Waals surface area contributed by atoms with Crippen LogP contribution >= 0.6 is 15.9 Å². The van der Waals surface area contributed by atoms with Gasteiger partial charge in [0.1, 0.15) is 0 Å². The zero-order valence-corrected chi connectivity index (χ0v) is 16.8. The Hall–Kier alpha value is -1.76. The average Bonchev–Trinajstić information content (AvgIpc) is 3.48. The van der Waals surface area contributed by atoms with Crippen molar-refractivity contribution in [3.63, 3.8) is 0 Å². The number of methoxy groups -OCH3 is 1. The van der Waals surface area contributed by atoms with Gasteiger partial charge in [-0.15, -0.1) is 0 Å². The van der Waals surface area contributed by atoms with E-state index in [0.29, 0.717) is 41.2 Å². The topological polar surface area (TPSA) is 67.9 Å². The second-order valence-electron chi connectivity index (χ2n) is 6.77. The first-order valence-corrected chi connectivity index (χ1v) is 9.92. The van der Waals surface area contributed by atoms with E-state index in [-0.39, 0.29) is 23.8 Å². The molecule has 3 rings (SSSR count). The molecule has 0 radical (unpaired) electrons. The van der Waals surface area contributed by atoms with E-state index < -0.39 is 0 Å². The van der Waals surface area contributed by atoms with Crippen molar-refractivity contribution in [1.29, 1.82) is 0 Å². The van der Waals surface area contributed by atoms with Gasteiger partial charge in [0.2, 0.25) is 5.91 Å². The fourth-order valence-corrected chi connectivity index (χ4v) is 3.76. The summed E-state index contributed by atoms with van der Waals surface area (Å²) in [5, 5.41) is 3.11. The van der Waals surface area contributed by atoms with Crippen molar-refractivity contribution in [2.75, 3.05) is 26.8 Å². The molecular weight excluding hydrogens is 400 g/mol. The second-order valence-corrected chi connectivity index (χ2v) is 7.63. The number of carbonyl (C=O) groups is 2. The molecule has 0 aromatic heterocycles. The minimum Gasteiger partial charge on any atom is -0.493 e. The summed E-state index contributed by atoms with van der Waals surface area (Å²) in [4.78, 5) is 26.6. The molecule has 7 heteroatoms. The summed E-state index contributed by atoms with van der Waals surface area (Å²) < 4.78 is 11.7. The van der Waals surface area contributed by atoms with Crippen LogP contribution in [0.1, 0.15) is 43.0 Å². The normalized spacial score (nSPS) is 17.7. The number of nitrogens with zero attached hydrogens (tertiary/aromatic N) is 1. The first-order valence-electron chi connectivity index (χ1n) is 9.13. The summed E-state index contributed by atoms with van der Waals surface area (Å²) >= 11 is 3.46. The van der Waals surface area contributed by atoms with Gasteiger partial charge in [-0.05, 0) is 60.7 Å². The Morgan fingerprint density at radius 1 is 1.23 bits per heavy atom. The summed E-state index contributed by atoms with van der Waals surface area (Å²) in [5.74, 6) is 1.52. The van der Waals surface area contributed by atoms with Crippen molar-refractivity contribution < 1.29 is 19.1 Å². The van der Waals surface area contributed by atoms with Gasteiger partial charge in [-0.1, -0.05) is 0 Å². The largest absolute Gasteiger partial charge is 0.493 e. The van der Waals surface area contributed by atoms with E-state index in [1.54, 1.807) is 19.2 Å². The van der Waals surface area contributed by atoms with Crippen molar-refractivity contribution in [2.45, 2.75) is 38.6 Å². The molecule has 0 spiro atoms. The number of hydrogen-bond donors (Lipinski definition) is 1. The number of likely N-dealkylation sites (tertiary alicyclic amines) is 1. The van der Waals surface area contributed by atoms with Crippen molar-refractivity contribution >= 4 is 27.7 Å². The predicted octanol–water partition coefficient (Wildman–Crippen LogP) is 2.99. The van der Waals surface area contributed by atoms with Crippen LogP contribution in [0, 0.1) is 5.92 Å². The van der Waals surface area contributed by atoms with Gasteiger partial charge in [-0.25, -0.2) is 0 Å². The maximum absolute atomic E-state index is 12.9. The summed E-state index contributed by atoms with van der Waals surface area (Å²) in [6, 6.07) is 3.67. The standard InChI is InChI=1S/C19H25BrN2O4/c1-3-26-17-15(20)10-13(11-16(17)25-2)19(24)22-8-6-14(7-9-22)21-18(23)12-4-5-12/h10-12,14H,3-9H2,1-2H3,(H,21,23). The van der Waals surface area contributed by atoms with Crippen molar-refractivity contribution in [1.82, 2.24) is 10.2 Å². The maximum atomic E-state index is 12.9. The fraction of sp³-hybridized carbons (Fsp3) is 0.579. The van der Waals surface area contributed by atoms with Crippen LogP contribution < -0.4 is 14.8 Å². The Kier molecular flexibility index (Phi) is 6.06. The van der Waals surface area contributed by atoms with Crippen LogP contribution in [-0.4, -0.2) is 49.6 Å². The van der Waals surface area contributed by atoms with Gasteiger partial charge in [0.15, 0.2) is 11.5 Å². The summed E-state index contributed by atoms with van der Waals surface area (Å²) in [5.41, 5.74) is 0.567. The van der Waals surface area contributed by atoms with Crippen LogP contribution in [0.15, 0.2) is 16.6 Å². The lowest BCUT2D eigenvalue weighted by molar-refractivity contribution is -0.123. The molecule has 0 unspecified atom stereocenters. The van der Waals surface area contributed by atoms with Crippen LogP contribution in [0.2, 0.25) is 0 Å². The lowest BCUT2D eigenvalue weighted by atomic mass is 10.0. The zero-order valence-electron chi connectivity index (χ0n) is 15.2. The van der Waals surface area contributed by atoms with Gasteiger partial charge in [-0.3, -0.25) is 9.59 Å². The third-order valence-electron chi connectivity index (χ3n) is 4.84. The number of hydrogen-bond acceptors (Lipinski definition) is 4. The molecule has 2 amide bonds. The minimum absolute atomic E-state index is 0.0287. The molecule has 6 nitrogen and oxygen atoms in total. The van der Waals surface area contributed by atoms with Crippen LogP contribution in [0.3, 0.4) is 0 Å².